The van der Waals surface area contributed by atoms with E-state index < -0.39 is 5.97 Å². The molecule has 1 aliphatic heterocycles. The Morgan fingerprint density at radius 1 is 1.15 bits per heavy atom. The van der Waals surface area contributed by atoms with Gasteiger partial charge in [-0.15, -0.1) is 11.3 Å². The zero-order chi connectivity index (χ0) is 23.8. The molecule has 0 saturated heterocycles. The van der Waals surface area contributed by atoms with Crippen molar-refractivity contribution in [2.45, 2.75) is 19.4 Å². The summed E-state index contributed by atoms with van der Waals surface area (Å²) in [4.78, 5) is 40.1. The van der Waals surface area contributed by atoms with Gasteiger partial charge in [0, 0.05) is 22.0 Å². The number of nitrogens with zero attached hydrogens (tertiary/aromatic N) is 3. The molecule has 0 fully saturated rings. The molecule has 5 rings (SSSR count). The van der Waals surface area contributed by atoms with E-state index in [0.29, 0.717) is 40.1 Å². The number of thiophene rings is 1. The van der Waals surface area contributed by atoms with Crippen molar-refractivity contribution in [3.05, 3.63) is 74.6 Å². The smallest absolute Gasteiger partial charge is 0.339 e. The number of amides is 2. The Balaban J connectivity index is 1.36. The number of aromatic carboxylic acids is 1. The number of nitrogens with one attached hydrogen (secondary N) is 2. The fourth-order valence-corrected chi connectivity index (χ4v) is 5.53. The summed E-state index contributed by atoms with van der Waals surface area (Å²) >= 11 is 7.18. The summed E-state index contributed by atoms with van der Waals surface area (Å²) in [7, 11) is 0. The summed E-state index contributed by atoms with van der Waals surface area (Å²) in [6, 6.07) is 12.0. The van der Waals surface area contributed by atoms with E-state index in [0.717, 1.165) is 10.4 Å². The Kier molecular flexibility index (Phi) is 5.76. The number of H-pyrrole nitrogens is 1. The molecule has 0 atom stereocenters. The second-order valence-corrected chi connectivity index (χ2v) is 9.41. The van der Waals surface area contributed by atoms with Crippen LogP contribution in [-0.4, -0.2) is 49.7 Å². The molecule has 0 saturated carbocycles. The van der Waals surface area contributed by atoms with E-state index in [1.54, 1.807) is 47.4 Å². The molecular formula is C23H18ClN5O4S. The number of anilines is 1. The number of halogens is 1. The molecule has 2 aromatic heterocycles. The molecule has 34 heavy (non-hydrogen) atoms. The minimum Gasteiger partial charge on any atom is -0.478 e. The highest BCUT2D eigenvalue weighted by atomic mass is 35.5. The maximum atomic E-state index is 13.1. The van der Waals surface area contributed by atoms with Gasteiger partial charge in [-0.05, 0) is 47.9 Å². The predicted octanol–water partition coefficient (Wildman–Crippen LogP) is 3.75. The average molecular weight is 496 g/mol. The molecule has 1 aliphatic rings. The van der Waals surface area contributed by atoms with Crippen LogP contribution < -0.4 is 5.32 Å². The molecule has 2 amide bonds. The zero-order valence-corrected chi connectivity index (χ0v) is 19.2. The van der Waals surface area contributed by atoms with Crippen LogP contribution >= 0.6 is 22.9 Å². The highest BCUT2D eigenvalue weighted by Crippen LogP contribution is 2.37. The van der Waals surface area contributed by atoms with Crippen LogP contribution in [0.1, 0.15) is 36.7 Å². The minimum atomic E-state index is -1.10. The van der Waals surface area contributed by atoms with Crippen LogP contribution in [0.25, 0.3) is 11.0 Å². The fraction of sp³-hybridized carbons (Fsp3) is 0.174. The van der Waals surface area contributed by atoms with Crippen molar-refractivity contribution in [2.75, 3.05) is 11.9 Å². The summed E-state index contributed by atoms with van der Waals surface area (Å²) in [5.41, 5.74) is 3.22. The topological polar surface area (TPSA) is 128 Å². The van der Waals surface area contributed by atoms with Crippen LogP contribution in [0.2, 0.25) is 5.02 Å². The Morgan fingerprint density at radius 3 is 2.76 bits per heavy atom. The van der Waals surface area contributed by atoms with Crippen molar-refractivity contribution >= 4 is 56.8 Å². The summed E-state index contributed by atoms with van der Waals surface area (Å²) < 4.78 is 0. The minimum absolute atomic E-state index is 0.0668. The van der Waals surface area contributed by atoms with Crippen LogP contribution in [0.4, 0.5) is 5.00 Å². The normalized spacial score (nSPS) is 13.0. The van der Waals surface area contributed by atoms with Crippen LogP contribution in [0.3, 0.4) is 0 Å². The Hall–Kier alpha value is -3.76. The lowest BCUT2D eigenvalue weighted by atomic mass is 10.0. The third-order valence-electron chi connectivity index (χ3n) is 5.63. The van der Waals surface area contributed by atoms with Crippen molar-refractivity contribution in [3.8, 4) is 0 Å². The fourth-order valence-electron chi connectivity index (χ4n) is 4.05. The second kappa shape index (κ2) is 8.88. The Labute approximate surface area is 202 Å². The first-order valence-corrected chi connectivity index (χ1v) is 11.6. The second-order valence-electron chi connectivity index (χ2n) is 7.87. The quantitative estimate of drug-likeness (QED) is 0.387. The number of rotatable bonds is 5. The van der Waals surface area contributed by atoms with Gasteiger partial charge in [-0.3, -0.25) is 9.59 Å². The third-order valence-corrected chi connectivity index (χ3v) is 7.00. The predicted molar refractivity (Wildman–Crippen MR) is 127 cm³/mol. The molecule has 0 radical (unpaired) electrons. The molecule has 2 aromatic carbocycles. The number of hydrogen-bond acceptors (Lipinski definition) is 6. The Bertz CT molecular complexity index is 1450. The first-order valence-electron chi connectivity index (χ1n) is 10.4. The zero-order valence-electron chi connectivity index (χ0n) is 17.7. The number of hydrogen-bond donors (Lipinski definition) is 3. The molecule has 0 aliphatic carbocycles. The SMILES string of the molecule is O=C(Cc1cccc(Cl)c1)Nc1sc2c(c1C(=O)O)CCN(C(=O)c1ccc3n[nH]nc3c1)C2. The number of carbonyl (C=O) groups excluding carboxylic acids is 2. The highest BCUT2D eigenvalue weighted by molar-refractivity contribution is 7.17. The summed E-state index contributed by atoms with van der Waals surface area (Å²) in [6.07, 6.45) is 0.451. The first kappa shape index (κ1) is 22.1. The van der Waals surface area contributed by atoms with E-state index in [9.17, 15) is 19.5 Å². The third kappa shape index (κ3) is 4.25. The van der Waals surface area contributed by atoms with Gasteiger partial charge in [-0.1, -0.05) is 23.7 Å². The molecule has 11 heteroatoms. The molecule has 4 aromatic rings. The van der Waals surface area contributed by atoms with Gasteiger partial charge < -0.3 is 15.3 Å². The lowest BCUT2D eigenvalue weighted by molar-refractivity contribution is -0.115. The van der Waals surface area contributed by atoms with Gasteiger partial charge in [0.15, 0.2) is 0 Å². The van der Waals surface area contributed by atoms with Crippen molar-refractivity contribution < 1.29 is 19.5 Å². The van der Waals surface area contributed by atoms with Gasteiger partial charge in [-0.25, -0.2) is 4.79 Å². The van der Waals surface area contributed by atoms with Crippen molar-refractivity contribution in [1.82, 2.24) is 20.3 Å². The van der Waals surface area contributed by atoms with Gasteiger partial charge in [0.1, 0.15) is 16.0 Å². The van der Waals surface area contributed by atoms with Crippen molar-refractivity contribution in [3.63, 3.8) is 0 Å². The van der Waals surface area contributed by atoms with Gasteiger partial charge >= 0.3 is 5.97 Å². The molecule has 3 N–H and O–H groups in total. The summed E-state index contributed by atoms with van der Waals surface area (Å²) in [5, 5.41) is 23.9. The van der Waals surface area contributed by atoms with Gasteiger partial charge in [0.05, 0.1) is 18.5 Å². The molecule has 172 valence electrons. The number of carbonyl (C=O) groups is 3. The van der Waals surface area contributed by atoms with E-state index in [1.807, 2.05) is 0 Å². The number of aromatic amines is 1. The maximum Gasteiger partial charge on any atom is 0.339 e. The van der Waals surface area contributed by atoms with E-state index in [2.05, 4.69) is 20.7 Å². The average Bonchev–Trinajstić information content (AvgIpc) is 3.41. The molecular weight excluding hydrogens is 478 g/mol. The van der Waals surface area contributed by atoms with Crippen molar-refractivity contribution in [1.29, 1.82) is 0 Å². The van der Waals surface area contributed by atoms with Crippen LogP contribution in [0.5, 0.6) is 0 Å². The monoisotopic (exact) mass is 495 g/mol. The van der Waals surface area contributed by atoms with Crippen LogP contribution in [-0.2, 0) is 24.2 Å². The highest BCUT2D eigenvalue weighted by Gasteiger charge is 2.30. The van der Waals surface area contributed by atoms with Crippen LogP contribution in [0, 0.1) is 0 Å². The standard InChI is InChI=1S/C23H18ClN5O4S/c24-14-3-1-2-12(8-14)9-19(30)25-21-20(23(32)33)15-6-7-29(11-18(15)34-21)22(31)13-4-5-16-17(10-13)27-28-26-16/h1-5,8,10H,6-7,9,11H2,(H,25,30)(H,32,33)(H,26,27,28). The van der Waals surface area contributed by atoms with Gasteiger partial charge in [0.25, 0.3) is 5.91 Å². The molecule has 0 bridgehead atoms. The van der Waals surface area contributed by atoms with Crippen LogP contribution in [0.15, 0.2) is 42.5 Å². The number of carboxylic acids is 1. The largest absolute Gasteiger partial charge is 0.478 e. The Morgan fingerprint density at radius 2 is 1.97 bits per heavy atom. The first-order chi connectivity index (χ1) is 16.4. The molecule has 0 unspecified atom stereocenters. The molecule has 9 nitrogen and oxygen atoms in total. The lowest BCUT2D eigenvalue weighted by Crippen LogP contribution is -2.35. The molecule has 3 heterocycles. The summed E-state index contributed by atoms with van der Waals surface area (Å²) in [5.74, 6) is -1.61. The molecule has 0 spiro atoms. The summed E-state index contributed by atoms with van der Waals surface area (Å²) in [6.45, 7) is 0.635. The lowest BCUT2D eigenvalue weighted by Gasteiger charge is -2.27. The van der Waals surface area contributed by atoms with E-state index in [-0.39, 0.29) is 35.3 Å². The van der Waals surface area contributed by atoms with Gasteiger partial charge in [-0.2, -0.15) is 15.4 Å². The van der Waals surface area contributed by atoms with Crippen molar-refractivity contribution in [2.24, 2.45) is 0 Å². The van der Waals surface area contributed by atoms with Gasteiger partial charge in [0.2, 0.25) is 5.91 Å². The number of carboxylic acid groups (broad SMARTS) is 1. The maximum absolute atomic E-state index is 13.1. The number of benzene rings is 2. The van der Waals surface area contributed by atoms with E-state index in [1.165, 1.54) is 11.3 Å². The van der Waals surface area contributed by atoms with E-state index in [4.69, 9.17) is 11.6 Å². The van der Waals surface area contributed by atoms with E-state index >= 15 is 0 Å². The number of fused-ring (bicyclic) bond motifs is 2. The number of aromatic nitrogens is 3.